The van der Waals surface area contributed by atoms with Gasteiger partial charge in [-0.3, -0.25) is 4.79 Å². The molecule has 1 rings (SSSR count). The SMILES string of the molecule is NC(=O)c1ccsc1O. The van der Waals surface area contributed by atoms with Gasteiger partial charge < -0.3 is 10.8 Å². The van der Waals surface area contributed by atoms with Gasteiger partial charge in [0.25, 0.3) is 5.91 Å². The zero-order chi connectivity index (χ0) is 6.85. The van der Waals surface area contributed by atoms with Gasteiger partial charge in [-0.15, -0.1) is 11.3 Å². The highest BCUT2D eigenvalue weighted by Gasteiger charge is 2.06. The van der Waals surface area contributed by atoms with E-state index < -0.39 is 5.91 Å². The Kier molecular flexibility index (Phi) is 1.40. The molecule has 0 radical (unpaired) electrons. The number of amides is 1. The molecule has 0 saturated carbocycles. The van der Waals surface area contributed by atoms with Crippen molar-refractivity contribution in [3.05, 3.63) is 17.0 Å². The molecule has 0 saturated heterocycles. The summed E-state index contributed by atoms with van der Waals surface area (Å²) in [6.45, 7) is 0. The molecular weight excluding hydrogens is 138 g/mol. The molecule has 1 aromatic rings. The molecule has 0 atom stereocenters. The van der Waals surface area contributed by atoms with E-state index in [2.05, 4.69) is 0 Å². The molecule has 0 unspecified atom stereocenters. The Labute approximate surface area is 55.7 Å². The largest absolute Gasteiger partial charge is 0.499 e. The number of thiophene rings is 1. The molecule has 3 nitrogen and oxygen atoms in total. The minimum absolute atomic E-state index is 0.0116. The molecule has 0 bridgehead atoms. The molecule has 4 heteroatoms. The first-order valence-electron chi connectivity index (χ1n) is 2.28. The Hall–Kier alpha value is -1.03. The summed E-state index contributed by atoms with van der Waals surface area (Å²) in [6.07, 6.45) is 0. The second-order valence-electron chi connectivity index (χ2n) is 1.50. The topological polar surface area (TPSA) is 63.3 Å². The lowest BCUT2D eigenvalue weighted by atomic mass is 10.3. The van der Waals surface area contributed by atoms with E-state index in [0.717, 1.165) is 11.3 Å². The number of hydrogen-bond acceptors (Lipinski definition) is 3. The molecule has 1 heterocycles. The fraction of sp³-hybridized carbons (Fsp3) is 0. The number of aromatic hydroxyl groups is 1. The minimum Gasteiger partial charge on any atom is -0.499 e. The third-order valence-electron chi connectivity index (χ3n) is 0.910. The van der Waals surface area contributed by atoms with Gasteiger partial charge in [0, 0.05) is 0 Å². The Morgan fingerprint density at radius 1 is 1.78 bits per heavy atom. The molecule has 0 aliphatic rings. The second-order valence-corrected chi connectivity index (χ2v) is 2.40. The Bertz CT molecular complexity index is 231. The number of nitrogens with two attached hydrogens (primary N) is 1. The smallest absolute Gasteiger partial charge is 0.253 e. The lowest BCUT2D eigenvalue weighted by Crippen LogP contribution is -2.09. The first-order valence-corrected chi connectivity index (χ1v) is 3.16. The highest BCUT2D eigenvalue weighted by atomic mass is 32.1. The van der Waals surface area contributed by atoms with E-state index in [1.165, 1.54) is 6.07 Å². The first kappa shape index (κ1) is 6.10. The number of carbonyl (C=O) groups is 1. The maximum atomic E-state index is 10.4. The number of rotatable bonds is 1. The van der Waals surface area contributed by atoms with Crippen LogP contribution in [0.1, 0.15) is 10.4 Å². The summed E-state index contributed by atoms with van der Waals surface area (Å²) in [4.78, 5) is 10.4. The average Bonchev–Trinajstić information content (AvgIpc) is 2.13. The third-order valence-corrected chi connectivity index (χ3v) is 1.63. The monoisotopic (exact) mass is 143 g/mol. The molecule has 3 N–H and O–H groups in total. The van der Waals surface area contributed by atoms with Gasteiger partial charge in [-0.2, -0.15) is 0 Å². The fourth-order valence-corrected chi connectivity index (χ4v) is 1.12. The molecule has 0 aliphatic heterocycles. The van der Waals surface area contributed by atoms with E-state index in [1.807, 2.05) is 0 Å². The van der Waals surface area contributed by atoms with E-state index >= 15 is 0 Å². The first-order chi connectivity index (χ1) is 4.22. The molecule has 0 aromatic carbocycles. The van der Waals surface area contributed by atoms with Crippen molar-refractivity contribution in [2.45, 2.75) is 0 Å². The van der Waals surface area contributed by atoms with E-state index in [1.54, 1.807) is 5.38 Å². The van der Waals surface area contributed by atoms with Crippen molar-refractivity contribution in [3.63, 3.8) is 0 Å². The second kappa shape index (κ2) is 2.06. The van der Waals surface area contributed by atoms with Crippen molar-refractivity contribution < 1.29 is 9.90 Å². The van der Waals surface area contributed by atoms with Crippen molar-refractivity contribution in [2.75, 3.05) is 0 Å². The summed E-state index contributed by atoms with van der Waals surface area (Å²) in [6, 6.07) is 1.49. The maximum absolute atomic E-state index is 10.4. The Morgan fingerprint density at radius 2 is 2.44 bits per heavy atom. The quantitative estimate of drug-likeness (QED) is 0.603. The molecule has 1 aromatic heterocycles. The van der Waals surface area contributed by atoms with E-state index in [-0.39, 0.29) is 10.6 Å². The van der Waals surface area contributed by atoms with Gasteiger partial charge in [0.2, 0.25) is 0 Å². The van der Waals surface area contributed by atoms with Crippen LogP contribution in [0.15, 0.2) is 11.4 Å². The molecule has 9 heavy (non-hydrogen) atoms. The standard InChI is InChI=1S/C5H5NO2S/c6-4(7)3-1-2-9-5(3)8/h1-2,8H,(H2,6,7). The van der Waals surface area contributed by atoms with Crippen LogP contribution in [0.4, 0.5) is 0 Å². The maximum Gasteiger partial charge on any atom is 0.253 e. The summed E-state index contributed by atoms with van der Waals surface area (Å²) >= 11 is 1.09. The van der Waals surface area contributed by atoms with Gasteiger partial charge in [-0.05, 0) is 11.4 Å². The third kappa shape index (κ3) is 1.02. The van der Waals surface area contributed by atoms with Crippen molar-refractivity contribution in [1.29, 1.82) is 0 Å². The highest BCUT2D eigenvalue weighted by molar-refractivity contribution is 7.12. The number of primary amides is 1. The summed E-state index contributed by atoms with van der Waals surface area (Å²) < 4.78 is 0. The van der Waals surface area contributed by atoms with Crippen LogP contribution in [0.25, 0.3) is 0 Å². The van der Waals surface area contributed by atoms with Crippen molar-refractivity contribution in [2.24, 2.45) is 5.73 Å². The van der Waals surface area contributed by atoms with Gasteiger partial charge in [0.05, 0.1) is 5.56 Å². The summed E-state index contributed by atoms with van der Waals surface area (Å²) in [5, 5.41) is 10.4. The zero-order valence-electron chi connectivity index (χ0n) is 4.50. The van der Waals surface area contributed by atoms with Gasteiger partial charge in [-0.25, -0.2) is 0 Å². The molecular formula is C5H5NO2S. The number of hydrogen-bond donors (Lipinski definition) is 2. The molecule has 0 fully saturated rings. The minimum atomic E-state index is -0.589. The lowest BCUT2D eigenvalue weighted by molar-refractivity contribution is 0.0998. The normalized spacial score (nSPS) is 9.33. The Balaban J connectivity index is 3.08. The van der Waals surface area contributed by atoms with Crippen LogP contribution in [-0.4, -0.2) is 11.0 Å². The lowest BCUT2D eigenvalue weighted by Gasteiger charge is -1.86. The molecule has 0 spiro atoms. The average molecular weight is 143 g/mol. The molecule has 48 valence electrons. The number of carbonyl (C=O) groups excluding carboxylic acids is 1. The van der Waals surface area contributed by atoms with Crippen LogP contribution in [0.5, 0.6) is 5.06 Å². The van der Waals surface area contributed by atoms with Crippen molar-refractivity contribution >= 4 is 17.2 Å². The van der Waals surface area contributed by atoms with Crippen LogP contribution >= 0.6 is 11.3 Å². The molecule has 0 aliphatic carbocycles. The van der Waals surface area contributed by atoms with Crippen LogP contribution < -0.4 is 5.73 Å². The summed E-state index contributed by atoms with van der Waals surface area (Å²) in [7, 11) is 0. The van der Waals surface area contributed by atoms with Crippen LogP contribution in [0.2, 0.25) is 0 Å². The van der Waals surface area contributed by atoms with E-state index in [9.17, 15) is 4.79 Å². The van der Waals surface area contributed by atoms with E-state index in [4.69, 9.17) is 10.8 Å². The van der Waals surface area contributed by atoms with Gasteiger partial charge in [0.1, 0.15) is 0 Å². The predicted molar refractivity (Wildman–Crippen MR) is 34.5 cm³/mol. The van der Waals surface area contributed by atoms with E-state index in [0.29, 0.717) is 0 Å². The molecule has 1 amide bonds. The highest BCUT2D eigenvalue weighted by Crippen LogP contribution is 2.22. The Morgan fingerprint density at radius 3 is 2.67 bits per heavy atom. The zero-order valence-corrected chi connectivity index (χ0v) is 5.31. The van der Waals surface area contributed by atoms with Crippen molar-refractivity contribution in [3.8, 4) is 5.06 Å². The van der Waals surface area contributed by atoms with Crippen LogP contribution in [-0.2, 0) is 0 Å². The summed E-state index contributed by atoms with van der Waals surface area (Å²) in [5.74, 6) is -0.589. The van der Waals surface area contributed by atoms with Crippen LogP contribution in [0, 0.1) is 0 Å². The van der Waals surface area contributed by atoms with Gasteiger partial charge in [-0.1, -0.05) is 0 Å². The van der Waals surface area contributed by atoms with Gasteiger partial charge in [0.15, 0.2) is 5.06 Å². The van der Waals surface area contributed by atoms with Gasteiger partial charge >= 0.3 is 0 Å². The van der Waals surface area contributed by atoms with Crippen molar-refractivity contribution in [1.82, 2.24) is 0 Å². The van der Waals surface area contributed by atoms with Crippen LogP contribution in [0.3, 0.4) is 0 Å². The summed E-state index contributed by atoms with van der Waals surface area (Å²) in [5.41, 5.74) is 5.06. The predicted octanol–water partition coefficient (Wildman–Crippen LogP) is 0.553. The fourth-order valence-electron chi connectivity index (χ4n) is 0.489.